The molecule has 1 aliphatic heterocycles. The van der Waals surface area contributed by atoms with Crippen LogP contribution in [-0.4, -0.2) is 59.5 Å². The number of nitrogens with zero attached hydrogens (tertiary/aromatic N) is 2. The molecule has 1 saturated heterocycles. The minimum atomic E-state index is -4.54. The molecule has 2 N–H and O–H groups in total. The van der Waals surface area contributed by atoms with Crippen LogP contribution in [0.5, 0.6) is 5.88 Å². The van der Waals surface area contributed by atoms with Crippen LogP contribution in [0.15, 0.2) is 42.6 Å². The molecule has 200 valence electrons. The molecule has 1 aliphatic carbocycles. The number of ether oxygens (including phenoxy) is 1. The van der Waals surface area contributed by atoms with E-state index < -0.39 is 23.2 Å². The Morgan fingerprint density at radius 2 is 1.95 bits per heavy atom. The number of amides is 1. The van der Waals surface area contributed by atoms with Gasteiger partial charge in [0, 0.05) is 42.4 Å². The van der Waals surface area contributed by atoms with E-state index in [9.17, 15) is 27.9 Å². The number of likely N-dealkylation sites (tertiary alicyclic amines) is 1. The molecule has 1 aromatic heterocycles. The van der Waals surface area contributed by atoms with Crippen LogP contribution in [0.3, 0.4) is 0 Å². The number of alkyl halides is 3. The molecule has 2 heterocycles. The molecule has 10 heteroatoms. The number of methoxy groups -OCH3 is 1. The Labute approximate surface area is 214 Å². The van der Waals surface area contributed by atoms with E-state index >= 15 is 0 Å². The van der Waals surface area contributed by atoms with Crippen molar-refractivity contribution in [1.82, 2.24) is 15.2 Å². The van der Waals surface area contributed by atoms with Crippen LogP contribution in [0.2, 0.25) is 0 Å². The van der Waals surface area contributed by atoms with Crippen molar-refractivity contribution in [3.8, 4) is 5.88 Å². The van der Waals surface area contributed by atoms with Crippen molar-refractivity contribution >= 4 is 11.7 Å². The van der Waals surface area contributed by atoms with E-state index in [0.717, 1.165) is 50.0 Å². The highest BCUT2D eigenvalue weighted by molar-refractivity contribution is 5.96. The predicted octanol–water partition coefficient (Wildman–Crippen LogP) is 3.95. The van der Waals surface area contributed by atoms with E-state index in [1.54, 1.807) is 19.4 Å². The first kappa shape index (κ1) is 27.1. The van der Waals surface area contributed by atoms with E-state index in [1.165, 1.54) is 12.1 Å². The molecule has 0 radical (unpaired) electrons. The zero-order valence-electron chi connectivity index (χ0n) is 20.8. The van der Waals surface area contributed by atoms with Crippen LogP contribution in [0, 0.1) is 5.92 Å². The maximum atomic E-state index is 12.9. The molecule has 1 atom stereocenters. The zero-order valence-corrected chi connectivity index (χ0v) is 20.8. The summed E-state index contributed by atoms with van der Waals surface area (Å²) < 4.78 is 43.7. The fourth-order valence-electron chi connectivity index (χ4n) is 5.38. The number of hydrogen-bond donors (Lipinski definition) is 2. The number of ketones is 1. The van der Waals surface area contributed by atoms with Crippen molar-refractivity contribution in [3.05, 3.63) is 59.3 Å². The van der Waals surface area contributed by atoms with Gasteiger partial charge in [0.1, 0.15) is 0 Å². The molecule has 2 aliphatic rings. The van der Waals surface area contributed by atoms with Crippen molar-refractivity contribution < 1.29 is 32.6 Å². The number of aliphatic hydroxyl groups is 1. The minimum absolute atomic E-state index is 0.127. The summed E-state index contributed by atoms with van der Waals surface area (Å²) in [6, 6.07) is 8.10. The average Bonchev–Trinajstić information content (AvgIpc) is 3.35. The normalized spacial score (nSPS) is 24.6. The molecule has 1 saturated carbocycles. The number of Topliss-reactive ketones (excluding diaryl/α,β-unsaturated/α-hetero) is 1. The lowest BCUT2D eigenvalue weighted by Crippen LogP contribution is -2.41. The summed E-state index contributed by atoms with van der Waals surface area (Å²) in [6.45, 7) is 1.44. The molecule has 7 nitrogen and oxygen atoms in total. The lowest BCUT2D eigenvalue weighted by molar-refractivity contribution is -0.137. The third-order valence-electron chi connectivity index (χ3n) is 7.51. The van der Waals surface area contributed by atoms with Gasteiger partial charge in [-0.1, -0.05) is 6.07 Å². The fraction of sp³-hybridized carbons (Fsp3) is 0.519. The maximum absolute atomic E-state index is 12.9. The first-order chi connectivity index (χ1) is 17.6. The number of rotatable bonds is 8. The molecule has 2 aromatic rings. The molecule has 37 heavy (non-hydrogen) atoms. The summed E-state index contributed by atoms with van der Waals surface area (Å²) in [5.74, 6) is -0.162. The van der Waals surface area contributed by atoms with Crippen molar-refractivity contribution in [2.75, 3.05) is 26.7 Å². The number of pyridine rings is 1. The third kappa shape index (κ3) is 6.67. The summed E-state index contributed by atoms with van der Waals surface area (Å²) in [5, 5.41) is 13.6. The molecule has 0 unspecified atom stereocenters. The molecule has 2 fully saturated rings. The summed E-state index contributed by atoms with van der Waals surface area (Å²) in [7, 11) is 1.55. The van der Waals surface area contributed by atoms with Crippen LogP contribution in [0.25, 0.3) is 0 Å². The molecule has 1 aromatic carbocycles. The van der Waals surface area contributed by atoms with Crippen LogP contribution >= 0.6 is 0 Å². The first-order valence-corrected chi connectivity index (χ1v) is 12.5. The lowest BCUT2D eigenvalue weighted by Gasteiger charge is -2.39. The van der Waals surface area contributed by atoms with E-state index in [4.69, 9.17) is 4.74 Å². The predicted molar refractivity (Wildman–Crippen MR) is 130 cm³/mol. The van der Waals surface area contributed by atoms with Crippen LogP contribution < -0.4 is 10.1 Å². The Balaban J connectivity index is 1.21. The summed E-state index contributed by atoms with van der Waals surface area (Å²) in [6.07, 6.45) is 1.27. The van der Waals surface area contributed by atoms with Crippen LogP contribution in [0.4, 0.5) is 13.2 Å². The van der Waals surface area contributed by atoms with Crippen LogP contribution in [0.1, 0.15) is 60.0 Å². The first-order valence-electron chi connectivity index (χ1n) is 12.5. The highest BCUT2D eigenvalue weighted by atomic mass is 19.4. The SMILES string of the molecule is COc1ccc(C2(O)CCC(N3CC[C@@H](CC(=O)CNC(=O)c4cccc(C(F)(F)F)c4)C3)CC2)cn1. The largest absolute Gasteiger partial charge is 0.481 e. The topological polar surface area (TPSA) is 91.8 Å². The average molecular weight is 520 g/mol. The highest BCUT2D eigenvalue weighted by Gasteiger charge is 2.39. The van der Waals surface area contributed by atoms with Crippen LogP contribution in [-0.2, 0) is 16.6 Å². The Morgan fingerprint density at radius 3 is 2.59 bits per heavy atom. The Kier molecular flexibility index (Phi) is 8.18. The number of benzene rings is 1. The van der Waals surface area contributed by atoms with Gasteiger partial charge in [-0.3, -0.25) is 9.59 Å². The summed E-state index contributed by atoms with van der Waals surface area (Å²) in [5.41, 5.74) is -1.14. The maximum Gasteiger partial charge on any atom is 0.416 e. The van der Waals surface area contributed by atoms with Gasteiger partial charge in [0.2, 0.25) is 5.88 Å². The highest BCUT2D eigenvalue weighted by Crippen LogP contribution is 2.40. The van der Waals surface area contributed by atoms with E-state index in [2.05, 4.69) is 15.2 Å². The fourth-order valence-corrected chi connectivity index (χ4v) is 5.38. The van der Waals surface area contributed by atoms with Gasteiger partial charge in [-0.15, -0.1) is 0 Å². The van der Waals surface area contributed by atoms with Gasteiger partial charge >= 0.3 is 6.18 Å². The molecule has 4 rings (SSSR count). The zero-order chi connectivity index (χ0) is 26.6. The number of halogens is 3. The standard InChI is InChI=1S/C27H32F3N3O4/c1-37-24-6-5-21(15-31-24)26(36)10-7-22(8-11-26)33-12-9-18(17-33)13-23(34)16-32-25(35)19-3-2-4-20(14-19)27(28,29)30/h2-6,14-15,18,22,36H,7-13,16-17H2,1H3,(H,32,35)/t18-,22?,26?/m0/s1. The van der Waals surface area contributed by atoms with Gasteiger partial charge in [0.25, 0.3) is 5.91 Å². The number of carbonyl (C=O) groups is 2. The van der Waals surface area contributed by atoms with E-state index in [1.807, 2.05) is 6.07 Å². The van der Waals surface area contributed by atoms with Gasteiger partial charge < -0.3 is 20.1 Å². The monoisotopic (exact) mass is 519 g/mol. The second-order valence-corrected chi connectivity index (χ2v) is 10.0. The molecule has 0 bridgehead atoms. The second-order valence-electron chi connectivity index (χ2n) is 10.0. The molecular weight excluding hydrogens is 487 g/mol. The van der Waals surface area contributed by atoms with E-state index in [0.29, 0.717) is 31.2 Å². The van der Waals surface area contributed by atoms with Gasteiger partial charge in [-0.05, 0) is 68.8 Å². The number of nitrogens with one attached hydrogen (secondary N) is 1. The summed E-state index contributed by atoms with van der Waals surface area (Å²) in [4.78, 5) is 31.3. The number of aromatic nitrogens is 1. The second kappa shape index (κ2) is 11.2. The van der Waals surface area contributed by atoms with Crippen molar-refractivity contribution in [2.24, 2.45) is 5.92 Å². The Bertz CT molecular complexity index is 1100. The quantitative estimate of drug-likeness (QED) is 0.549. The van der Waals surface area contributed by atoms with Gasteiger partial charge in [0.15, 0.2) is 5.78 Å². The molecule has 1 amide bonds. The smallest absolute Gasteiger partial charge is 0.416 e. The van der Waals surface area contributed by atoms with E-state index in [-0.39, 0.29) is 23.8 Å². The van der Waals surface area contributed by atoms with Crippen molar-refractivity contribution in [3.63, 3.8) is 0 Å². The van der Waals surface area contributed by atoms with Gasteiger partial charge in [0.05, 0.1) is 24.8 Å². The Morgan fingerprint density at radius 1 is 1.19 bits per heavy atom. The minimum Gasteiger partial charge on any atom is -0.481 e. The third-order valence-corrected chi connectivity index (χ3v) is 7.51. The van der Waals surface area contributed by atoms with Gasteiger partial charge in [-0.25, -0.2) is 4.98 Å². The van der Waals surface area contributed by atoms with Gasteiger partial charge in [-0.2, -0.15) is 13.2 Å². The number of carbonyl (C=O) groups excluding carboxylic acids is 2. The molecule has 0 spiro atoms. The van der Waals surface area contributed by atoms with Crippen molar-refractivity contribution in [1.29, 1.82) is 0 Å². The Hall–Kier alpha value is -2.98. The summed E-state index contributed by atoms with van der Waals surface area (Å²) >= 11 is 0. The molecular formula is C27H32F3N3O4. The van der Waals surface area contributed by atoms with Crippen molar-refractivity contribution in [2.45, 2.75) is 56.3 Å². The number of hydrogen-bond acceptors (Lipinski definition) is 6. The lowest BCUT2D eigenvalue weighted by atomic mass is 9.78.